The third-order valence-corrected chi connectivity index (χ3v) is 4.63. The van der Waals surface area contributed by atoms with Crippen LogP contribution >= 0.6 is 11.6 Å². The molecule has 3 heteroatoms. The summed E-state index contributed by atoms with van der Waals surface area (Å²) in [7, 11) is 0. The van der Waals surface area contributed by atoms with Gasteiger partial charge in [0.1, 0.15) is 0 Å². The van der Waals surface area contributed by atoms with E-state index in [1.807, 2.05) is 12.1 Å². The molecule has 0 saturated carbocycles. The Bertz CT molecular complexity index is 596. The number of nitrogens with zero attached hydrogens (tertiary/aromatic N) is 1. The van der Waals surface area contributed by atoms with Crippen LogP contribution in [-0.4, -0.2) is 19.1 Å². The molecule has 1 aliphatic heterocycles. The van der Waals surface area contributed by atoms with Crippen LogP contribution in [-0.2, 0) is 5.54 Å². The molecule has 21 heavy (non-hydrogen) atoms. The lowest BCUT2D eigenvalue weighted by Gasteiger charge is -2.46. The quantitative estimate of drug-likeness (QED) is 0.900. The van der Waals surface area contributed by atoms with Gasteiger partial charge in [-0.1, -0.05) is 41.9 Å². The maximum absolute atomic E-state index is 6.01. The molecule has 1 N–H and O–H groups in total. The zero-order valence-electron chi connectivity index (χ0n) is 12.5. The number of nitrogens with one attached hydrogen (secondary N) is 1. The summed E-state index contributed by atoms with van der Waals surface area (Å²) in [6.07, 6.45) is 0. The van der Waals surface area contributed by atoms with Crippen LogP contribution in [0.4, 0.5) is 5.69 Å². The van der Waals surface area contributed by atoms with Gasteiger partial charge in [0.2, 0.25) is 0 Å². The number of hydrogen-bond donors (Lipinski definition) is 1. The van der Waals surface area contributed by atoms with Crippen LogP contribution in [0.2, 0.25) is 5.02 Å². The third kappa shape index (κ3) is 2.92. The van der Waals surface area contributed by atoms with Crippen molar-refractivity contribution in [1.82, 2.24) is 5.32 Å². The lowest BCUT2D eigenvalue weighted by Crippen LogP contribution is -2.60. The van der Waals surface area contributed by atoms with Crippen LogP contribution in [0.15, 0.2) is 54.6 Å². The first-order valence-corrected chi connectivity index (χ1v) is 7.79. The second-order valence-corrected chi connectivity index (χ2v) is 6.47. The van der Waals surface area contributed by atoms with Gasteiger partial charge in [0.25, 0.3) is 0 Å². The number of rotatable bonds is 2. The maximum atomic E-state index is 6.01. The fourth-order valence-electron chi connectivity index (χ4n) is 3.01. The van der Waals surface area contributed by atoms with E-state index in [2.05, 4.69) is 66.5 Å². The molecule has 0 spiro atoms. The lowest BCUT2D eigenvalue weighted by atomic mass is 9.88. The molecule has 2 unspecified atom stereocenters. The van der Waals surface area contributed by atoms with Gasteiger partial charge < -0.3 is 10.2 Å². The number of benzene rings is 2. The summed E-state index contributed by atoms with van der Waals surface area (Å²) in [5, 5.41) is 4.49. The van der Waals surface area contributed by atoms with Gasteiger partial charge >= 0.3 is 0 Å². The lowest BCUT2D eigenvalue weighted by molar-refractivity contribution is 0.299. The number of anilines is 1. The monoisotopic (exact) mass is 300 g/mol. The average Bonchev–Trinajstić information content (AvgIpc) is 2.52. The zero-order valence-corrected chi connectivity index (χ0v) is 13.3. The molecule has 1 heterocycles. The topological polar surface area (TPSA) is 15.3 Å². The standard InChI is InChI=1S/C18H21ClN2/c1-14-12-20-18(2,15-6-4-3-5-7-15)13-21(14)17-10-8-16(19)9-11-17/h3-11,14,20H,12-13H2,1-2H3. The maximum Gasteiger partial charge on any atom is 0.0584 e. The molecule has 0 bridgehead atoms. The van der Waals surface area contributed by atoms with E-state index in [-0.39, 0.29) is 5.54 Å². The van der Waals surface area contributed by atoms with Crippen LogP contribution in [0.1, 0.15) is 19.4 Å². The molecule has 2 aromatic carbocycles. The third-order valence-electron chi connectivity index (χ3n) is 4.38. The summed E-state index contributed by atoms with van der Waals surface area (Å²) in [6.45, 7) is 6.44. The fourth-order valence-corrected chi connectivity index (χ4v) is 3.14. The van der Waals surface area contributed by atoms with Crippen molar-refractivity contribution in [2.45, 2.75) is 25.4 Å². The summed E-state index contributed by atoms with van der Waals surface area (Å²) in [5.74, 6) is 0. The molecule has 2 atom stereocenters. The highest BCUT2D eigenvalue weighted by Gasteiger charge is 2.35. The molecule has 3 rings (SSSR count). The normalized spacial score (nSPS) is 25.9. The molecule has 0 radical (unpaired) electrons. The number of halogens is 1. The first-order valence-electron chi connectivity index (χ1n) is 7.41. The first kappa shape index (κ1) is 14.4. The molecule has 1 aliphatic rings. The Labute approximate surface area is 131 Å². The van der Waals surface area contributed by atoms with Gasteiger partial charge in [0.15, 0.2) is 0 Å². The van der Waals surface area contributed by atoms with E-state index in [4.69, 9.17) is 11.6 Å². The minimum absolute atomic E-state index is 0.0343. The molecule has 1 fully saturated rings. The smallest absolute Gasteiger partial charge is 0.0584 e. The number of piperazine rings is 1. The average molecular weight is 301 g/mol. The van der Waals surface area contributed by atoms with Crippen LogP contribution < -0.4 is 10.2 Å². The predicted octanol–water partition coefficient (Wildman–Crippen LogP) is 4.05. The minimum atomic E-state index is -0.0343. The van der Waals surface area contributed by atoms with Crippen molar-refractivity contribution in [3.8, 4) is 0 Å². The van der Waals surface area contributed by atoms with E-state index in [1.54, 1.807) is 0 Å². The highest BCUT2D eigenvalue weighted by molar-refractivity contribution is 6.30. The van der Waals surface area contributed by atoms with Crippen molar-refractivity contribution in [2.24, 2.45) is 0 Å². The molecule has 0 aromatic heterocycles. The van der Waals surface area contributed by atoms with Crippen LogP contribution in [0.25, 0.3) is 0 Å². The molecule has 1 saturated heterocycles. The molecule has 2 nitrogen and oxygen atoms in total. The number of hydrogen-bond acceptors (Lipinski definition) is 2. The molecule has 0 amide bonds. The van der Waals surface area contributed by atoms with Crippen molar-refractivity contribution < 1.29 is 0 Å². The van der Waals surface area contributed by atoms with Gasteiger partial charge in [-0.2, -0.15) is 0 Å². The minimum Gasteiger partial charge on any atom is -0.365 e. The summed E-state index contributed by atoms with van der Waals surface area (Å²) < 4.78 is 0. The van der Waals surface area contributed by atoms with Crippen LogP contribution in [0.5, 0.6) is 0 Å². The zero-order chi connectivity index (χ0) is 14.9. The summed E-state index contributed by atoms with van der Waals surface area (Å²) >= 11 is 6.01. The van der Waals surface area contributed by atoms with Gasteiger partial charge in [-0.3, -0.25) is 0 Å². The Hall–Kier alpha value is -1.51. The Kier molecular flexibility index (Phi) is 3.92. The van der Waals surface area contributed by atoms with E-state index in [0.29, 0.717) is 6.04 Å². The Morgan fingerprint density at radius 1 is 1.10 bits per heavy atom. The van der Waals surface area contributed by atoms with E-state index in [9.17, 15) is 0 Å². The van der Waals surface area contributed by atoms with Crippen LogP contribution in [0.3, 0.4) is 0 Å². The van der Waals surface area contributed by atoms with Gasteiger partial charge in [0, 0.05) is 29.8 Å². The van der Waals surface area contributed by atoms with Crippen molar-refractivity contribution in [3.63, 3.8) is 0 Å². The van der Waals surface area contributed by atoms with Crippen molar-refractivity contribution in [3.05, 3.63) is 65.2 Å². The highest BCUT2D eigenvalue weighted by atomic mass is 35.5. The predicted molar refractivity (Wildman–Crippen MR) is 90.1 cm³/mol. The molecule has 2 aromatic rings. The van der Waals surface area contributed by atoms with E-state index < -0.39 is 0 Å². The molecule has 0 aliphatic carbocycles. The molecular formula is C18H21ClN2. The Balaban J connectivity index is 1.89. The first-order chi connectivity index (χ1) is 10.1. The highest BCUT2D eigenvalue weighted by Crippen LogP contribution is 2.30. The Morgan fingerprint density at radius 3 is 2.43 bits per heavy atom. The molecular weight excluding hydrogens is 280 g/mol. The second kappa shape index (κ2) is 5.70. The van der Waals surface area contributed by atoms with Crippen molar-refractivity contribution in [2.75, 3.05) is 18.0 Å². The largest absolute Gasteiger partial charge is 0.365 e. The van der Waals surface area contributed by atoms with Gasteiger partial charge in [0.05, 0.1) is 5.54 Å². The van der Waals surface area contributed by atoms with Gasteiger partial charge in [-0.15, -0.1) is 0 Å². The van der Waals surface area contributed by atoms with Crippen molar-refractivity contribution in [1.29, 1.82) is 0 Å². The van der Waals surface area contributed by atoms with Gasteiger partial charge in [-0.05, 0) is 43.7 Å². The van der Waals surface area contributed by atoms with Crippen LogP contribution in [0, 0.1) is 0 Å². The van der Waals surface area contributed by atoms with E-state index in [0.717, 1.165) is 18.1 Å². The fraction of sp³-hybridized carbons (Fsp3) is 0.333. The summed E-state index contributed by atoms with van der Waals surface area (Å²) in [4.78, 5) is 2.46. The summed E-state index contributed by atoms with van der Waals surface area (Å²) in [6, 6.07) is 19.3. The SMILES string of the molecule is CC1CNC(C)(c2ccccc2)CN1c1ccc(Cl)cc1. The summed E-state index contributed by atoms with van der Waals surface area (Å²) in [5.41, 5.74) is 2.53. The second-order valence-electron chi connectivity index (χ2n) is 6.03. The van der Waals surface area contributed by atoms with E-state index >= 15 is 0 Å². The Morgan fingerprint density at radius 2 is 1.76 bits per heavy atom. The van der Waals surface area contributed by atoms with Crippen molar-refractivity contribution >= 4 is 17.3 Å². The van der Waals surface area contributed by atoms with E-state index in [1.165, 1.54) is 11.3 Å². The molecule has 110 valence electrons. The van der Waals surface area contributed by atoms with Gasteiger partial charge in [-0.25, -0.2) is 0 Å².